The number of amides is 1. The van der Waals surface area contributed by atoms with Crippen LogP contribution in [0.25, 0.3) is 0 Å². The SMILES string of the molecule is CC1NCC(=O)N1CCOC1CCCCC1. The maximum Gasteiger partial charge on any atom is 0.237 e. The molecular weight excluding hydrogens is 204 g/mol. The number of carbonyl (C=O) groups is 1. The number of nitrogens with zero attached hydrogens (tertiary/aromatic N) is 1. The van der Waals surface area contributed by atoms with Crippen LogP contribution in [0.1, 0.15) is 39.0 Å². The summed E-state index contributed by atoms with van der Waals surface area (Å²) in [6.07, 6.45) is 6.95. The molecule has 1 saturated carbocycles. The van der Waals surface area contributed by atoms with E-state index in [4.69, 9.17) is 4.74 Å². The van der Waals surface area contributed by atoms with Gasteiger partial charge in [-0.05, 0) is 19.8 Å². The van der Waals surface area contributed by atoms with E-state index >= 15 is 0 Å². The highest BCUT2D eigenvalue weighted by Crippen LogP contribution is 2.20. The van der Waals surface area contributed by atoms with Crippen molar-refractivity contribution >= 4 is 5.91 Å². The number of carbonyl (C=O) groups excluding carboxylic acids is 1. The molecule has 0 aromatic carbocycles. The second-order valence-corrected chi connectivity index (χ2v) is 4.77. The maximum atomic E-state index is 11.5. The standard InChI is InChI=1S/C12H22N2O2/c1-10-13-9-12(15)14(10)7-8-16-11-5-3-2-4-6-11/h10-11,13H,2-9H2,1H3. The van der Waals surface area contributed by atoms with Gasteiger partial charge in [0.2, 0.25) is 5.91 Å². The molecule has 2 aliphatic rings. The summed E-state index contributed by atoms with van der Waals surface area (Å²) < 4.78 is 5.82. The first kappa shape index (κ1) is 11.9. The Morgan fingerprint density at radius 3 is 2.75 bits per heavy atom. The van der Waals surface area contributed by atoms with E-state index in [9.17, 15) is 4.79 Å². The molecule has 0 aromatic rings. The number of rotatable bonds is 4. The van der Waals surface area contributed by atoms with Crippen LogP contribution in [0.4, 0.5) is 0 Å². The highest BCUT2D eigenvalue weighted by molar-refractivity contribution is 5.80. The van der Waals surface area contributed by atoms with Gasteiger partial charge in [-0.15, -0.1) is 0 Å². The van der Waals surface area contributed by atoms with Crippen molar-refractivity contribution in [1.82, 2.24) is 10.2 Å². The third-order valence-electron chi connectivity index (χ3n) is 3.57. The van der Waals surface area contributed by atoms with Crippen molar-refractivity contribution in [3.8, 4) is 0 Å². The molecule has 92 valence electrons. The number of hydrogen-bond donors (Lipinski definition) is 1. The Hall–Kier alpha value is -0.610. The fourth-order valence-electron chi connectivity index (χ4n) is 2.53. The molecule has 4 nitrogen and oxygen atoms in total. The van der Waals surface area contributed by atoms with Gasteiger partial charge in [0, 0.05) is 6.54 Å². The molecule has 4 heteroatoms. The van der Waals surface area contributed by atoms with Crippen LogP contribution < -0.4 is 5.32 Å². The van der Waals surface area contributed by atoms with Gasteiger partial charge < -0.3 is 9.64 Å². The third-order valence-corrected chi connectivity index (χ3v) is 3.57. The van der Waals surface area contributed by atoms with Crippen molar-refractivity contribution in [1.29, 1.82) is 0 Å². The summed E-state index contributed by atoms with van der Waals surface area (Å²) in [7, 11) is 0. The molecule has 2 rings (SSSR count). The molecule has 1 aliphatic carbocycles. The molecule has 1 amide bonds. The Balaban J connectivity index is 1.65. The molecule has 2 fully saturated rings. The molecule has 0 bridgehead atoms. The monoisotopic (exact) mass is 226 g/mol. The predicted octanol–water partition coefficient (Wildman–Crippen LogP) is 1.11. The second-order valence-electron chi connectivity index (χ2n) is 4.77. The van der Waals surface area contributed by atoms with Crippen LogP contribution in [0.2, 0.25) is 0 Å². The van der Waals surface area contributed by atoms with E-state index in [1.165, 1.54) is 32.1 Å². The van der Waals surface area contributed by atoms with Crippen LogP contribution in [-0.2, 0) is 9.53 Å². The van der Waals surface area contributed by atoms with E-state index in [-0.39, 0.29) is 12.1 Å². The van der Waals surface area contributed by atoms with Gasteiger partial charge in [0.1, 0.15) is 0 Å². The minimum atomic E-state index is 0.169. The van der Waals surface area contributed by atoms with E-state index in [0.29, 0.717) is 19.3 Å². The fraction of sp³-hybridized carbons (Fsp3) is 0.917. The number of hydrogen-bond acceptors (Lipinski definition) is 3. The lowest BCUT2D eigenvalue weighted by molar-refractivity contribution is -0.128. The highest BCUT2D eigenvalue weighted by Gasteiger charge is 2.26. The maximum absolute atomic E-state index is 11.5. The quantitative estimate of drug-likeness (QED) is 0.781. The van der Waals surface area contributed by atoms with Crippen molar-refractivity contribution in [2.24, 2.45) is 0 Å². The zero-order chi connectivity index (χ0) is 11.4. The van der Waals surface area contributed by atoms with Gasteiger partial charge in [0.05, 0.1) is 25.4 Å². The van der Waals surface area contributed by atoms with Gasteiger partial charge in [0.15, 0.2) is 0 Å². The lowest BCUT2D eigenvalue weighted by atomic mass is 9.98. The van der Waals surface area contributed by atoms with Gasteiger partial charge in [-0.1, -0.05) is 19.3 Å². The molecule has 16 heavy (non-hydrogen) atoms. The minimum absolute atomic E-state index is 0.169. The van der Waals surface area contributed by atoms with E-state index in [2.05, 4.69) is 5.32 Å². The minimum Gasteiger partial charge on any atom is -0.376 e. The van der Waals surface area contributed by atoms with Crippen molar-refractivity contribution in [2.45, 2.75) is 51.3 Å². The van der Waals surface area contributed by atoms with Crippen molar-refractivity contribution in [2.75, 3.05) is 19.7 Å². The van der Waals surface area contributed by atoms with Gasteiger partial charge in [0.25, 0.3) is 0 Å². The summed E-state index contributed by atoms with van der Waals surface area (Å²) in [5.41, 5.74) is 0. The van der Waals surface area contributed by atoms with Crippen LogP contribution in [-0.4, -0.2) is 42.8 Å². The van der Waals surface area contributed by atoms with Gasteiger partial charge in [-0.25, -0.2) is 0 Å². The van der Waals surface area contributed by atoms with Crippen LogP contribution in [0.15, 0.2) is 0 Å². The fourth-order valence-corrected chi connectivity index (χ4v) is 2.53. The molecule has 1 unspecified atom stereocenters. The Labute approximate surface area is 97.3 Å². The Bertz CT molecular complexity index is 239. The Morgan fingerprint density at radius 2 is 2.12 bits per heavy atom. The van der Waals surface area contributed by atoms with E-state index < -0.39 is 0 Å². The van der Waals surface area contributed by atoms with E-state index in [1.54, 1.807) is 0 Å². The molecule has 0 spiro atoms. The molecule has 1 saturated heterocycles. The van der Waals surface area contributed by atoms with E-state index in [0.717, 1.165) is 6.54 Å². The van der Waals surface area contributed by atoms with Crippen LogP contribution >= 0.6 is 0 Å². The summed E-state index contributed by atoms with van der Waals surface area (Å²) >= 11 is 0. The molecular formula is C12H22N2O2. The van der Waals surface area contributed by atoms with Gasteiger partial charge in [-0.3, -0.25) is 10.1 Å². The average Bonchev–Trinajstić information content (AvgIpc) is 2.62. The lowest BCUT2D eigenvalue weighted by Crippen LogP contribution is -2.37. The van der Waals surface area contributed by atoms with Crippen LogP contribution in [0.3, 0.4) is 0 Å². The third kappa shape index (κ3) is 2.95. The number of ether oxygens (including phenoxy) is 1. The van der Waals surface area contributed by atoms with Crippen molar-refractivity contribution in [3.05, 3.63) is 0 Å². The predicted molar refractivity (Wildman–Crippen MR) is 62.0 cm³/mol. The normalized spacial score (nSPS) is 27.7. The molecule has 1 heterocycles. The first-order valence-corrected chi connectivity index (χ1v) is 6.42. The zero-order valence-corrected chi connectivity index (χ0v) is 10.1. The smallest absolute Gasteiger partial charge is 0.237 e. The highest BCUT2D eigenvalue weighted by atomic mass is 16.5. The zero-order valence-electron chi connectivity index (χ0n) is 10.1. The lowest BCUT2D eigenvalue weighted by Gasteiger charge is -2.25. The van der Waals surface area contributed by atoms with Crippen LogP contribution in [0, 0.1) is 0 Å². The Kier molecular flexibility index (Phi) is 4.18. The van der Waals surface area contributed by atoms with Gasteiger partial charge in [-0.2, -0.15) is 0 Å². The molecule has 1 atom stereocenters. The summed E-state index contributed by atoms with van der Waals surface area (Å²) in [5.74, 6) is 0.194. The molecule has 0 aromatic heterocycles. The second kappa shape index (κ2) is 5.64. The summed E-state index contributed by atoms with van der Waals surface area (Å²) in [6, 6.07) is 0. The first-order chi connectivity index (χ1) is 7.77. The van der Waals surface area contributed by atoms with Crippen molar-refractivity contribution in [3.63, 3.8) is 0 Å². The largest absolute Gasteiger partial charge is 0.376 e. The van der Waals surface area contributed by atoms with Crippen molar-refractivity contribution < 1.29 is 9.53 Å². The average molecular weight is 226 g/mol. The summed E-state index contributed by atoms with van der Waals surface area (Å²) in [4.78, 5) is 13.3. The van der Waals surface area contributed by atoms with Gasteiger partial charge >= 0.3 is 0 Å². The molecule has 1 N–H and O–H groups in total. The summed E-state index contributed by atoms with van der Waals surface area (Å²) in [5, 5.41) is 3.13. The topological polar surface area (TPSA) is 41.6 Å². The number of nitrogens with one attached hydrogen (secondary N) is 1. The molecule has 0 radical (unpaired) electrons. The first-order valence-electron chi connectivity index (χ1n) is 6.42. The van der Waals surface area contributed by atoms with E-state index in [1.807, 2.05) is 11.8 Å². The molecule has 1 aliphatic heterocycles. The Morgan fingerprint density at radius 1 is 1.38 bits per heavy atom. The summed E-state index contributed by atoms with van der Waals surface area (Å²) in [6.45, 7) is 3.90. The van der Waals surface area contributed by atoms with Crippen LogP contribution in [0.5, 0.6) is 0 Å².